The van der Waals surface area contributed by atoms with E-state index in [0.29, 0.717) is 10.6 Å². The van der Waals surface area contributed by atoms with Gasteiger partial charge in [0.15, 0.2) is 0 Å². The Balaban J connectivity index is 2.00. The maximum atomic E-state index is 11.9. The highest BCUT2D eigenvalue weighted by molar-refractivity contribution is 7.99. The number of nitrogens with one attached hydrogen (secondary N) is 1. The first-order valence-corrected chi connectivity index (χ1v) is 6.79. The summed E-state index contributed by atoms with van der Waals surface area (Å²) in [6, 6.07) is 1.90. The van der Waals surface area contributed by atoms with Crippen LogP contribution in [0.2, 0.25) is 5.02 Å². The van der Waals surface area contributed by atoms with Crippen LogP contribution in [0.15, 0.2) is 18.5 Å². The van der Waals surface area contributed by atoms with Gasteiger partial charge in [-0.15, -0.1) is 0 Å². The van der Waals surface area contributed by atoms with Crippen molar-refractivity contribution >= 4 is 29.3 Å². The third-order valence-electron chi connectivity index (χ3n) is 2.51. The fourth-order valence-corrected chi connectivity index (χ4v) is 2.93. The Morgan fingerprint density at radius 1 is 1.62 bits per heavy atom. The predicted molar refractivity (Wildman–Crippen MR) is 67.1 cm³/mol. The van der Waals surface area contributed by atoms with Gasteiger partial charge in [0, 0.05) is 24.2 Å². The van der Waals surface area contributed by atoms with Crippen molar-refractivity contribution in [2.45, 2.75) is 18.9 Å². The average Bonchev–Trinajstić information content (AvgIpc) is 2.31. The van der Waals surface area contributed by atoms with Crippen molar-refractivity contribution in [3.8, 4) is 0 Å². The van der Waals surface area contributed by atoms with Crippen molar-refractivity contribution in [2.75, 3.05) is 11.5 Å². The number of thioether (sulfide) groups is 1. The van der Waals surface area contributed by atoms with Crippen LogP contribution >= 0.6 is 23.4 Å². The van der Waals surface area contributed by atoms with Gasteiger partial charge in [0.05, 0.1) is 10.6 Å². The highest BCUT2D eigenvalue weighted by Gasteiger charge is 2.18. The van der Waals surface area contributed by atoms with Gasteiger partial charge in [0.2, 0.25) is 0 Å². The summed E-state index contributed by atoms with van der Waals surface area (Å²) >= 11 is 7.81. The molecule has 0 aromatic carbocycles. The summed E-state index contributed by atoms with van der Waals surface area (Å²) in [7, 11) is 0. The highest BCUT2D eigenvalue weighted by Crippen LogP contribution is 2.18. The molecular weight excluding hydrogens is 244 g/mol. The second-order valence-corrected chi connectivity index (χ2v) is 5.30. The smallest absolute Gasteiger partial charge is 0.254 e. The first-order valence-electron chi connectivity index (χ1n) is 5.25. The molecule has 3 nitrogen and oxygen atoms in total. The Labute approximate surface area is 104 Å². The number of aromatic nitrogens is 1. The van der Waals surface area contributed by atoms with E-state index in [1.165, 1.54) is 11.9 Å². The molecule has 5 heteroatoms. The lowest BCUT2D eigenvalue weighted by Crippen LogP contribution is -2.38. The van der Waals surface area contributed by atoms with Gasteiger partial charge in [-0.1, -0.05) is 11.6 Å². The zero-order valence-electron chi connectivity index (χ0n) is 8.78. The fourth-order valence-electron chi connectivity index (χ4n) is 1.66. The van der Waals surface area contributed by atoms with Crippen molar-refractivity contribution in [2.24, 2.45) is 0 Å². The van der Waals surface area contributed by atoms with Crippen molar-refractivity contribution in [1.29, 1.82) is 0 Å². The lowest BCUT2D eigenvalue weighted by Gasteiger charge is -2.22. The van der Waals surface area contributed by atoms with Crippen LogP contribution in [0.5, 0.6) is 0 Å². The molecule has 86 valence electrons. The van der Waals surface area contributed by atoms with E-state index in [-0.39, 0.29) is 11.9 Å². The number of rotatable bonds is 2. The summed E-state index contributed by atoms with van der Waals surface area (Å²) in [6.07, 6.45) is 5.30. The van der Waals surface area contributed by atoms with Crippen LogP contribution in [0, 0.1) is 0 Å². The number of halogens is 1. The highest BCUT2D eigenvalue weighted by atomic mass is 35.5. The topological polar surface area (TPSA) is 42.0 Å². The maximum absolute atomic E-state index is 11.9. The maximum Gasteiger partial charge on any atom is 0.254 e. The van der Waals surface area contributed by atoms with Gasteiger partial charge in [0.25, 0.3) is 5.91 Å². The zero-order valence-corrected chi connectivity index (χ0v) is 10.4. The summed E-state index contributed by atoms with van der Waals surface area (Å²) < 4.78 is 0. The van der Waals surface area contributed by atoms with Gasteiger partial charge in [-0.3, -0.25) is 9.78 Å². The van der Waals surface area contributed by atoms with Crippen LogP contribution in [0.4, 0.5) is 0 Å². The van der Waals surface area contributed by atoms with Gasteiger partial charge in [-0.25, -0.2) is 0 Å². The van der Waals surface area contributed by atoms with Crippen LogP contribution in [0.1, 0.15) is 23.2 Å². The first-order chi connectivity index (χ1) is 7.77. The molecule has 16 heavy (non-hydrogen) atoms. The van der Waals surface area contributed by atoms with Gasteiger partial charge in [-0.05, 0) is 24.7 Å². The summed E-state index contributed by atoms with van der Waals surface area (Å²) in [6.45, 7) is 0. The first kappa shape index (κ1) is 11.7. The Kier molecular flexibility index (Phi) is 4.07. The minimum atomic E-state index is -0.120. The van der Waals surface area contributed by atoms with Crippen LogP contribution in [0.3, 0.4) is 0 Å². The van der Waals surface area contributed by atoms with E-state index in [1.54, 1.807) is 12.3 Å². The zero-order chi connectivity index (χ0) is 11.4. The van der Waals surface area contributed by atoms with E-state index in [0.717, 1.165) is 18.6 Å². The lowest BCUT2D eigenvalue weighted by atomic mass is 10.1. The van der Waals surface area contributed by atoms with Gasteiger partial charge < -0.3 is 5.32 Å². The molecule has 1 aliphatic heterocycles. The van der Waals surface area contributed by atoms with Crippen LogP contribution < -0.4 is 5.32 Å². The quantitative estimate of drug-likeness (QED) is 0.883. The monoisotopic (exact) mass is 256 g/mol. The number of hydrogen-bond donors (Lipinski definition) is 1. The van der Waals surface area contributed by atoms with Crippen LogP contribution in [0.25, 0.3) is 0 Å². The number of carbonyl (C=O) groups excluding carboxylic acids is 1. The van der Waals surface area contributed by atoms with Crippen molar-refractivity contribution in [1.82, 2.24) is 10.3 Å². The molecule has 1 fully saturated rings. The molecule has 0 bridgehead atoms. The Morgan fingerprint density at radius 3 is 3.19 bits per heavy atom. The SMILES string of the molecule is O=C(NC1CCCSC1)c1cnccc1Cl. The Morgan fingerprint density at radius 2 is 2.50 bits per heavy atom. The molecule has 1 unspecified atom stereocenters. The fraction of sp³-hybridized carbons (Fsp3) is 0.455. The van der Waals surface area contributed by atoms with Gasteiger partial charge in [-0.2, -0.15) is 11.8 Å². The Hall–Kier alpha value is -0.740. The molecule has 1 atom stereocenters. The largest absolute Gasteiger partial charge is 0.348 e. The summed E-state index contributed by atoms with van der Waals surface area (Å²) in [5.74, 6) is 2.06. The minimum absolute atomic E-state index is 0.120. The second kappa shape index (κ2) is 5.55. The number of nitrogens with zero attached hydrogens (tertiary/aromatic N) is 1. The van der Waals surface area contributed by atoms with E-state index in [2.05, 4.69) is 10.3 Å². The molecule has 2 rings (SSSR count). The molecule has 1 aromatic heterocycles. The van der Waals surface area contributed by atoms with E-state index < -0.39 is 0 Å². The summed E-state index contributed by atoms with van der Waals surface area (Å²) in [4.78, 5) is 15.8. The molecule has 2 heterocycles. The van der Waals surface area contributed by atoms with E-state index >= 15 is 0 Å². The standard InChI is InChI=1S/C11H13ClN2OS/c12-10-3-4-13-6-9(10)11(15)14-8-2-1-5-16-7-8/h3-4,6,8H,1-2,5,7H2,(H,14,15). The van der Waals surface area contributed by atoms with Gasteiger partial charge in [0.1, 0.15) is 0 Å². The summed E-state index contributed by atoms with van der Waals surface area (Å²) in [5.41, 5.74) is 0.458. The molecule has 1 amide bonds. The van der Waals surface area contributed by atoms with E-state index in [1.807, 2.05) is 11.8 Å². The van der Waals surface area contributed by atoms with Crippen molar-refractivity contribution in [3.63, 3.8) is 0 Å². The van der Waals surface area contributed by atoms with Crippen LogP contribution in [-0.2, 0) is 0 Å². The molecule has 1 saturated heterocycles. The molecule has 0 saturated carbocycles. The number of pyridine rings is 1. The number of amides is 1. The number of carbonyl (C=O) groups is 1. The van der Waals surface area contributed by atoms with Crippen LogP contribution in [-0.4, -0.2) is 28.4 Å². The normalized spacial score (nSPS) is 20.4. The third kappa shape index (κ3) is 2.89. The van der Waals surface area contributed by atoms with Crippen molar-refractivity contribution < 1.29 is 4.79 Å². The minimum Gasteiger partial charge on any atom is -0.348 e. The van der Waals surface area contributed by atoms with E-state index in [9.17, 15) is 4.79 Å². The molecule has 0 spiro atoms. The average molecular weight is 257 g/mol. The molecule has 0 radical (unpaired) electrons. The second-order valence-electron chi connectivity index (χ2n) is 3.74. The molecule has 1 aromatic rings. The number of hydrogen-bond acceptors (Lipinski definition) is 3. The summed E-state index contributed by atoms with van der Waals surface area (Å²) in [5, 5.41) is 3.45. The molecule has 1 aliphatic rings. The van der Waals surface area contributed by atoms with Crippen molar-refractivity contribution in [3.05, 3.63) is 29.0 Å². The van der Waals surface area contributed by atoms with Gasteiger partial charge >= 0.3 is 0 Å². The Bertz CT molecular complexity index is 380. The molecular formula is C11H13ClN2OS. The molecule has 0 aliphatic carbocycles. The third-order valence-corrected chi connectivity index (χ3v) is 4.05. The lowest BCUT2D eigenvalue weighted by molar-refractivity contribution is 0.0938. The van der Waals surface area contributed by atoms with E-state index in [4.69, 9.17) is 11.6 Å². The predicted octanol–water partition coefficient (Wildman–Crippen LogP) is 2.36. The molecule has 1 N–H and O–H groups in total.